The van der Waals surface area contributed by atoms with Gasteiger partial charge in [-0.05, 0) is 73.0 Å². The van der Waals surface area contributed by atoms with Crippen LogP contribution in [0.15, 0.2) is 93.9 Å². The molecule has 0 radical (unpaired) electrons. The van der Waals surface area contributed by atoms with Crippen molar-refractivity contribution in [1.29, 1.82) is 0 Å². The molecule has 10 nitrogen and oxygen atoms in total. The lowest BCUT2D eigenvalue weighted by atomic mass is 9.96. The molecule has 1 aliphatic heterocycles. The molecule has 0 spiro atoms. The van der Waals surface area contributed by atoms with Crippen LogP contribution in [0.4, 0.5) is 5.69 Å². The van der Waals surface area contributed by atoms with Gasteiger partial charge in [0.2, 0.25) is 0 Å². The van der Waals surface area contributed by atoms with Gasteiger partial charge in [0.25, 0.3) is 11.2 Å². The molecule has 0 saturated carbocycles. The average Bonchev–Trinajstić information content (AvgIpc) is 3.29. The number of nitrogens with zero attached hydrogens (tertiary/aromatic N) is 3. The zero-order valence-corrected chi connectivity index (χ0v) is 23.9. The van der Waals surface area contributed by atoms with Gasteiger partial charge in [0.15, 0.2) is 4.80 Å². The smallest absolute Gasteiger partial charge is 0.338 e. The van der Waals surface area contributed by atoms with Gasteiger partial charge in [0.05, 0.1) is 40.5 Å². The maximum atomic E-state index is 13.8. The first-order valence-electron chi connectivity index (χ1n) is 13.1. The molecule has 1 aromatic heterocycles. The van der Waals surface area contributed by atoms with Crippen LogP contribution in [-0.2, 0) is 16.1 Å². The number of esters is 1. The Hall–Kier alpha value is -5.03. The number of hydrogen-bond donors (Lipinski definition) is 0. The van der Waals surface area contributed by atoms with Crippen molar-refractivity contribution >= 4 is 29.1 Å². The summed E-state index contributed by atoms with van der Waals surface area (Å²) in [4.78, 5) is 42.4. The minimum atomic E-state index is -0.718. The molecule has 0 N–H and O–H groups in total. The van der Waals surface area contributed by atoms with E-state index in [1.807, 2.05) is 24.3 Å². The standard InChI is InChI=1S/C31H27N3O7S/c1-4-40-30(36)27-19(2)32-31-33(28(27)22-10-14-24(39-3)15-11-22)29(35)26(42-31)17-21-6-5-7-25(16-21)41-18-20-8-12-23(13-9-20)34(37)38/h5-17,28H,4,18H2,1-3H3/b26-17-/t28-/m1/s1. The second-order valence-electron chi connectivity index (χ2n) is 9.36. The second kappa shape index (κ2) is 12.2. The average molecular weight is 586 g/mol. The topological polar surface area (TPSA) is 122 Å². The summed E-state index contributed by atoms with van der Waals surface area (Å²) in [5.41, 5.74) is 2.77. The van der Waals surface area contributed by atoms with Crippen LogP contribution in [0.1, 0.15) is 36.6 Å². The number of methoxy groups -OCH3 is 1. The lowest BCUT2D eigenvalue weighted by Crippen LogP contribution is -2.39. The molecule has 11 heteroatoms. The van der Waals surface area contributed by atoms with Crippen molar-refractivity contribution in [2.75, 3.05) is 13.7 Å². The van der Waals surface area contributed by atoms with Gasteiger partial charge < -0.3 is 14.2 Å². The Morgan fingerprint density at radius 2 is 1.83 bits per heavy atom. The molecule has 0 aliphatic carbocycles. The number of fused-ring (bicyclic) bond motifs is 1. The molecule has 0 fully saturated rings. The molecule has 2 heterocycles. The number of carbonyl (C=O) groups is 1. The Bertz CT molecular complexity index is 1860. The van der Waals surface area contributed by atoms with Gasteiger partial charge in [0, 0.05) is 12.1 Å². The summed E-state index contributed by atoms with van der Waals surface area (Å²) in [6, 6.07) is 19.9. The van der Waals surface area contributed by atoms with Crippen LogP contribution in [0.2, 0.25) is 0 Å². The Kier molecular flexibility index (Phi) is 8.30. The Balaban J connectivity index is 1.50. The zero-order chi connectivity index (χ0) is 29.8. The van der Waals surface area contributed by atoms with Crippen molar-refractivity contribution in [2.45, 2.75) is 26.5 Å². The van der Waals surface area contributed by atoms with Gasteiger partial charge in [-0.3, -0.25) is 19.5 Å². The summed E-state index contributed by atoms with van der Waals surface area (Å²) in [6.45, 7) is 3.89. The third-order valence-electron chi connectivity index (χ3n) is 6.66. The number of benzene rings is 3. The van der Waals surface area contributed by atoms with Crippen molar-refractivity contribution in [3.8, 4) is 11.5 Å². The monoisotopic (exact) mass is 585 g/mol. The maximum Gasteiger partial charge on any atom is 0.338 e. The number of thiazole rings is 1. The normalized spacial score (nSPS) is 14.6. The van der Waals surface area contributed by atoms with E-state index < -0.39 is 16.9 Å². The Morgan fingerprint density at radius 1 is 1.10 bits per heavy atom. The highest BCUT2D eigenvalue weighted by Gasteiger charge is 2.33. The van der Waals surface area contributed by atoms with Crippen molar-refractivity contribution < 1.29 is 23.9 Å². The van der Waals surface area contributed by atoms with Crippen molar-refractivity contribution in [3.63, 3.8) is 0 Å². The van der Waals surface area contributed by atoms with Crippen LogP contribution < -0.4 is 24.4 Å². The number of ether oxygens (including phenoxy) is 3. The van der Waals surface area contributed by atoms with Crippen LogP contribution >= 0.6 is 11.3 Å². The van der Waals surface area contributed by atoms with E-state index in [0.29, 0.717) is 32.1 Å². The van der Waals surface area contributed by atoms with Gasteiger partial charge in [0.1, 0.15) is 18.1 Å². The van der Waals surface area contributed by atoms with Gasteiger partial charge >= 0.3 is 5.97 Å². The van der Waals surface area contributed by atoms with Crippen molar-refractivity contribution in [3.05, 3.63) is 131 Å². The third kappa shape index (κ3) is 5.86. The van der Waals surface area contributed by atoms with Crippen molar-refractivity contribution in [2.24, 2.45) is 4.99 Å². The molecule has 1 atom stereocenters. The molecule has 4 aromatic rings. The summed E-state index contributed by atoms with van der Waals surface area (Å²) in [6.07, 6.45) is 1.76. The summed E-state index contributed by atoms with van der Waals surface area (Å²) >= 11 is 1.23. The molecule has 0 bridgehead atoms. The summed E-state index contributed by atoms with van der Waals surface area (Å²) in [5, 5.41) is 10.9. The SMILES string of the molecule is CCOC(=O)C1=C(C)N=c2s/c(=C\c3cccc(OCc4ccc([N+](=O)[O-])cc4)c3)c(=O)n2[C@@H]1c1ccc(OC)cc1. The fraction of sp³-hybridized carbons (Fsp3) is 0.194. The largest absolute Gasteiger partial charge is 0.497 e. The molecular weight excluding hydrogens is 558 g/mol. The minimum Gasteiger partial charge on any atom is -0.497 e. The highest BCUT2D eigenvalue weighted by molar-refractivity contribution is 7.07. The first kappa shape index (κ1) is 28.5. The van der Waals surface area contributed by atoms with E-state index in [1.54, 1.807) is 63.4 Å². The lowest BCUT2D eigenvalue weighted by molar-refractivity contribution is -0.384. The van der Waals surface area contributed by atoms with E-state index >= 15 is 0 Å². The van der Waals surface area contributed by atoms with E-state index in [2.05, 4.69) is 4.99 Å². The van der Waals surface area contributed by atoms with Gasteiger partial charge in [-0.1, -0.05) is 35.6 Å². The van der Waals surface area contributed by atoms with E-state index in [4.69, 9.17) is 14.2 Å². The van der Waals surface area contributed by atoms with E-state index in [-0.39, 0.29) is 24.5 Å². The van der Waals surface area contributed by atoms with Crippen LogP contribution in [0.5, 0.6) is 11.5 Å². The van der Waals surface area contributed by atoms with Crippen molar-refractivity contribution in [1.82, 2.24) is 4.57 Å². The number of carbonyl (C=O) groups excluding carboxylic acids is 1. The van der Waals surface area contributed by atoms with Gasteiger partial charge in [-0.2, -0.15) is 0 Å². The first-order valence-corrected chi connectivity index (χ1v) is 13.9. The second-order valence-corrected chi connectivity index (χ2v) is 10.4. The quantitative estimate of drug-likeness (QED) is 0.163. The molecule has 214 valence electrons. The molecule has 0 saturated heterocycles. The summed E-state index contributed by atoms with van der Waals surface area (Å²) in [5.74, 6) is 0.707. The predicted octanol–water partition coefficient (Wildman–Crippen LogP) is 4.29. The molecule has 1 aliphatic rings. The van der Waals surface area contributed by atoms with E-state index in [0.717, 1.165) is 16.7 Å². The summed E-state index contributed by atoms with van der Waals surface area (Å²) < 4.78 is 18.5. The highest BCUT2D eigenvalue weighted by atomic mass is 32.1. The third-order valence-corrected chi connectivity index (χ3v) is 7.64. The number of nitro benzene ring substituents is 1. The van der Waals surface area contributed by atoms with E-state index in [9.17, 15) is 19.7 Å². The van der Waals surface area contributed by atoms with Crippen LogP contribution in [0, 0.1) is 10.1 Å². The molecule has 0 unspecified atom stereocenters. The molecular formula is C31H27N3O7S. The molecule has 42 heavy (non-hydrogen) atoms. The van der Waals surface area contributed by atoms with Gasteiger partial charge in [-0.25, -0.2) is 9.79 Å². The van der Waals surface area contributed by atoms with Crippen LogP contribution in [0.3, 0.4) is 0 Å². The fourth-order valence-electron chi connectivity index (χ4n) is 4.62. The maximum absolute atomic E-state index is 13.8. The number of non-ortho nitro benzene ring substituents is 1. The lowest BCUT2D eigenvalue weighted by Gasteiger charge is -2.24. The summed E-state index contributed by atoms with van der Waals surface area (Å²) in [7, 11) is 1.57. The minimum absolute atomic E-state index is 0.0148. The predicted molar refractivity (Wildman–Crippen MR) is 157 cm³/mol. The number of allylic oxidation sites excluding steroid dienone is 1. The molecule has 0 amide bonds. The number of hydrogen-bond acceptors (Lipinski definition) is 9. The fourth-order valence-corrected chi connectivity index (χ4v) is 5.67. The number of aromatic nitrogens is 1. The number of nitro groups is 1. The molecule has 3 aromatic carbocycles. The van der Waals surface area contributed by atoms with E-state index in [1.165, 1.54) is 28.0 Å². The molecule has 5 rings (SSSR count). The van der Waals surface area contributed by atoms with Gasteiger partial charge in [-0.15, -0.1) is 0 Å². The van der Waals surface area contributed by atoms with Crippen LogP contribution in [0.25, 0.3) is 6.08 Å². The Morgan fingerprint density at radius 3 is 2.50 bits per heavy atom. The highest BCUT2D eigenvalue weighted by Crippen LogP contribution is 2.31. The first-order chi connectivity index (χ1) is 20.3. The Labute approximate surface area is 244 Å². The van der Waals surface area contributed by atoms with Crippen LogP contribution in [-0.4, -0.2) is 29.2 Å². The number of rotatable bonds is 9. The zero-order valence-electron chi connectivity index (χ0n) is 23.1.